The van der Waals surface area contributed by atoms with E-state index in [1.54, 1.807) is 20.4 Å². The van der Waals surface area contributed by atoms with E-state index in [0.29, 0.717) is 23.3 Å². The number of aromatic nitrogens is 3. The predicted octanol–water partition coefficient (Wildman–Crippen LogP) is 4.90. The average Bonchev–Trinajstić information content (AvgIpc) is 3.34. The molecule has 11 heteroatoms. The van der Waals surface area contributed by atoms with Crippen LogP contribution in [0.2, 0.25) is 0 Å². The first-order chi connectivity index (χ1) is 18.1. The number of anilines is 1. The number of carbonyl (C=O) groups is 1. The number of carbonyl (C=O) groups excluding carboxylic acids is 1. The first-order valence-electron chi connectivity index (χ1n) is 11.2. The van der Waals surface area contributed by atoms with E-state index in [0.717, 1.165) is 27.2 Å². The molecule has 0 aliphatic rings. The average molecular weight is 581 g/mol. The molecule has 37 heavy (non-hydrogen) atoms. The molecule has 0 fully saturated rings. The van der Waals surface area contributed by atoms with Crippen molar-refractivity contribution < 1.29 is 14.3 Å². The maximum atomic E-state index is 12.5. The Morgan fingerprint density at radius 1 is 1.05 bits per heavy atom. The fourth-order valence-corrected chi connectivity index (χ4v) is 4.52. The molecule has 0 bridgehead atoms. The quantitative estimate of drug-likeness (QED) is 0.148. The summed E-state index contributed by atoms with van der Waals surface area (Å²) in [5.74, 6) is 2.00. The monoisotopic (exact) mass is 580 g/mol. The Morgan fingerprint density at radius 2 is 1.84 bits per heavy atom. The maximum Gasteiger partial charge on any atom is 0.250 e. The summed E-state index contributed by atoms with van der Waals surface area (Å²) in [6.07, 6.45) is 1.54. The molecule has 190 valence electrons. The molecule has 0 aliphatic carbocycles. The Kier molecular flexibility index (Phi) is 9.17. The standard InChI is InChI=1S/C26H25BrN6O3S/c1-35-22-11-9-20(10-12-22)28-16-24-30-32-26(33(24)21-6-4-3-5-7-21)37-17-25(34)31-29-15-18-14-19(27)8-13-23(18)36-2/h3-15,28H,16-17H2,1-2H3,(H,31,34)/b29-15-. The molecule has 0 unspecified atom stereocenters. The minimum Gasteiger partial charge on any atom is -0.497 e. The van der Waals surface area contributed by atoms with Gasteiger partial charge in [0.1, 0.15) is 11.5 Å². The Morgan fingerprint density at radius 3 is 2.57 bits per heavy atom. The van der Waals surface area contributed by atoms with E-state index in [-0.39, 0.29) is 11.7 Å². The zero-order chi connectivity index (χ0) is 26.0. The van der Waals surface area contributed by atoms with Crippen LogP contribution in [0.25, 0.3) is 5.69 Å². The van der Waals surface area contributed by atoms with E-state index < -0.39 is 0 Å². The first kappa shape index (κ1) is 26.2. The van der Waals surface area contributed by atoms with Gasteiger partial charge in [0, 0.05) is 21.4 Å². The highest BCUT2D eigenvalue weighted by Crippen LogP contribution is 2.24. The fraction of sp³-hybridized carbons (Fsp3) is 0.154. The lowest BCUT2D eigenvalue weighted by Crippen LogP contribution is -2.20. The normalized spacial score (nSPS) is 10.9. The van der Waals surface area contributed by atoms with E-state index in [1.165, 1.54) is 11.8 Å². The number of hydrogen-bond acceptors (Lipinski definition) is 8. The Hall–Kier alpha value is -3.83. The summed E-state index contributed by atoms with van der Waals surface area (Å²) in [6, 6.07) is 23.0. The van der Waals surface area contributed by atoms with Crippen molar-refractivity contribution in [2.75, 3.05) is 25.3 Å². The molecular formula is C26H25BrN6O3S. The van der Waals surface area contributed by atoms with Gasteiger partial charge in [-0.15, -0.1) is 10.2 Å². The van der Waals surface area contributed by atoms with Gasteiger partial charge in [0.05, 0.1) is 32.7 Å². The third kappa shape index (κ3) is 7.11. The first-order valence-corrected chi connectivity index (χ1v) is 13.0. The second-order valence-corrected chi connectivity index (χ2v) is 9.48. The molecular weight excluding hydrogens is 556 g/mol. The van der Waals surface area contributed by atoms with Crippen LogP contribution in [0.15, 0.2) is 87.5 Å². The summed E-state index contributed by atoms with van der Waals surface area (Å²) in [7, 11) is 3.22. The van der Waals surface area contributed by atoms with E-state index in [9.17, 15) is 4.79 Å². The second-order valence-electron chi connectivity index (χ2n) is 7.62. The smallest absolute Gasteiger partial charge is 0.250 e. The molecule has 4 rings (SSSR count). The summed E-state index contributed by atoms with van der Waals surface area (Å²) < 4.78 is 13.4. The highest BCUT2D eigenvalue weighted by molar-refractivity contribution is 9.10. The number of hydrazone groups is 1. The molecule has 0 spiro atoms. The zero-order valence-corrected chi connectivity index (χ0v) is 22.6. The van der Waals surface area contributed by atoms with Crippen LogP contribution in [0.3, 0.4) is 0 Å². The van der Waals surface area contributed by atoms with E-state index in [1.807, 2.05) is 77.4 Å². The van der Waals surface area contributed by atoms with Crippen molar-refractivity contribution >= 4 is 45.5 Å². The molecule has 0 saturated carbocycles. The summed E-state index contributed by atoms with van der Waals surface area (Å²) in [6.45, 7) is 0.444. The Balaban J connectivity index is 1.42. The number of para-hydroxylation sites is 1. The van der Waals surface area contributed by atoms with Gasteiger partial charge in [0.2, 0.25) is 0 Å². The van der Waals surface area contributed by atoms with Crippen LogP contribution in [0.1, 0.15) is 11.4 Å². The van der Waals surface area contributed by atoms with Gasteiger partial charge in [-0.25, -0.2) is 5.43 Å². The summed E-state index contributed by atoms with van der Waals surface area (Å²) >= 11 is 4.70. The molecule has 0 aliphatic heterocycles. The largest absolute Gasteiger partial charge is 0.497 e. The molecule has 9 nitrogen and oxygen atoms in total. The SMILES string of the molecule is COc1ccc(NCc2nnc(SCC(=O)N/N=C\c3cc(Br)ccc3OC)n2-c2ccccc2)cc1. The number of ether oxygens (including phenoxy) is 2. The van der Waals surface area contributed by atoms with Gasteiger partial charge in [-0.2, -0.15) is 5.10 Å². The summed E-state index contributed by atoms with van der Waals surface area (Å²) in [5.41, 5.74) is 5.12. The molecule has 1 aromatic heterocycles. The van der Waals surface area contributed by atoms with E-state index in [4.69, 9.17) is 9.47 Å². The minimum absolute atomic E-state index is 0.115. The Labute approximate surface area is 227 Å². The molecule has 4 aromatic rings. The van der Waals surface area contributed by atoms with Crippen LogP contribution in [-0.2, 0) is 11.3 Å². The molecule has 0 atom stereocenters. The molecule has 1 heterocycles. The minimum atomic E-state index is -0.268. The number of rotatable bonds is 11. The maximum absolute atomic E-state index is 12.5. The van der Waals surface area contributed by atoms with Crippen molar-refractivity contribution in [2.45, 2.75) is 11.7 Å². The molecule has 3 aromatic carbocycles. The van der Waals surface area contributed by atoms with Crippen LogP contribution < -0.4 is 20.2 Å². The number of amides is 1. The van der Waals surface area contributed by atoms with Crippen molar-refractivity contribution in [3.05, 3.63) is 88.7 Å². The lowest BCUT2D eigenvalue weighted by molar-refractivity contribution is -0.118. The number of nitrogens with one attached hydrogen (secondary N) is 2. The number of halogens is 1. The fourth-order valence-electron chi connectivity index (χ4n) is 3.38. The van der Waals surface area contributed by atoms with E-state index >= 15 is 0 Å². The van der Waals surface area contributed by atoms with Gasteiger partial charge in [-0.05, 0) is 54.6 Å². The summed E-state index contributed by atoms with van der Waals surface area (Å²) in [5, 5.41) is 16.7. The van der Waals surface area contributed by atoms with Crippen molar-refractivity contribution in [1.82, 2.24) is 20.2 Å². The van der Waals surface area contributed by atoms with Crippen LogP contribution in [0.4, 0.5) is 5.69 Å². The van der Waals surface area contributed by atoms with Gasteiger partial charge < -0.3 is 14.8 Å². The zero-order valence-electron chi connectivity index (χ0n) is 20.2. The topological polar surface area (TPSA) is 103 Å². The number of methoxy groups -OCH3 is 2. The van der Waals surface area contributed by atoms with Crippen LogP contribution in [0.5, 0.6) is 11.5 Å². The number of hydrogen-bond donors (Lipinski definition) is 2. The summed E-state index contributed by atoms with van der Waals surface area (Å²) in [4.78, 5) is 12.5. The van der Waals surface area contributed by atoms with Gasteiger partial charge >= 0.3 is 0 Å². The van der Waals surface area contributed by atoms with Gasteiger partial charge in [-0.1, -0.05) is 45.9 Å². The second kappa shape index (κ2) is 12.9. The number of benzene rings is 3. The Bertz CT molecular complexity index is 1360. The van der Waals surface area contributed by atoms with Gasteiger partial charge in [0.25, 0.3) is 5.91 Å². The number of nitrogens with zero attached hydrogens (tertiary/aromatic N) is 4. The highest BCUT2D eigenvalue weighted by Gasteiger charge is 2.16. The lowest BCUT2D eigenvalue weighted by Gasteiger charge is -2.11. The van der Waals surface area contributed by atoms with Crippen molar-refractivity contribution in [3.63, 3.8) is 0 Å². The molecule has 2 N–H and O–H groups in total. The van der Waals surface area contributed by atoms with Crippen LogP contribution in [0, 0.1) is 0 Å². The van der Waals surface area contributed by atoms with Crippen molar-refractivity contribution in [2.24, 2.45) is 5.10 Å². The predicted molar refractivity (Wildman–Crippen MR) is 149 cm³/mol. The lowest BCUT2D eigenvalue weighted by atomic mass is 10.2. The van der Waals surface area contributed by atoms with E-state index in [2.05, 4.69) is 42.0 Å². The van der Waals surface area contributed by atoms with Crippen LogP contribution >= 0.6 is 27.7 Å². The number of thioether (sulfide) groups is 1. The molecule has 0 radical (unpaired) electrons. The highest BCUT2D eigenvalue weighted by atomic mass is 79.9. The third-order valence-electron chi connectivity index (χ3n) is 5.17. The third-order valence-corrected chi connectivity index (χ3v) is 6.59. The molecule has 1 amide bonds. The van der Waals surface area contributed by atoms with Crippen molar-refractivity contribution in [1.29, 1.82) is 0 Å². The van der Waals surface area contributed by atoms with Crippen LogP contribution in [-0.4, -0.2) is 46.9 Å². The van der Waals surface area contributed by atoms with Gasteiger partial charge in [0.15, 0.2) is 11.0 Å². The van der Waals surface area contributed by atoms with Crippen molar-refractivity contribution in [3.8, 4) is 17.2 Å². The molecule has 0 saturated heterocycles. The van der Waals surface area contributed by atoms with Gasteiger partial charge in [-0.3, -0.25) is 9.36 Å².